The zero-order chi connectivity index (χ0) is 13.9. The van der Waals surface area contributed by atoms with Crippen molar-refractivity contribution < 1.29 is 0 Å². The van der Waals surface area contributed by atoms with Crippen molar-refractivity contribution in [3.05, 3.63) is 42.2 Å². The van der Waals surface area contributed by atoms with E-state index in [0.717, 1.165) is 22.4 Å². The molecule has 0 aliphatic heterocycles. The van der Waals surface area contributed by atoms with Crippen molar-refractivity contribution >= 4 is 25.3 Å². The van der Waals surface area contributed by atoms with Gasteiger partial charge in [-0.25, -0.2) is 4.68 Å². The van der Waals surface area contributed by atoms with Crippen LogP contribution < -0.4 is 5.32 Å². The number of benzene rings is 1. The minimum atomic E-state index is -1.17. The Labute approximate surface area is 119 Å². The highest BCUT2D eigenvalue weighted by atomic mass is 32.1. The fourth-order valence-electron chi connectivity index (χ4n) is 1.64. The highest BCUT2D eigenvalue weighted by molar-refractivity contribution is 7.80. The Hall–Kier alpha value is -1.53. The predicted octanol–water partition coefficient (Wildman–Crippen LogP) is 2.41. The minimum absolute atomic E-state index is 0.772. The highest BCUT2D eigenvalue weighted by Crippen LogP contribution is 2.13. The first-order valence-electron chi connectivity index (χ1n) is 6.21. The van der Waals surface area contributed by atoms with Gasteiger partial charge in [0.2, 0.25) is 0 Å². The van der Waals surface area contributed by atoms with Crippen LogP contribution in [0.4, 0.5) is 0 Å². The van der Waals surface area contributed by atoms with Crippen LogP contribution in [0.1, 0.15) is 5.56 Å². The number of nitrogens with zero attached hydrogens (tertiary/aromatic N) is 3. The lowest BCUT2D eigenvalue weighted by atomic mass is 10.2. The van der Waals surface area contributed by atoms with E-state index in [9.17, 15) is 0 Å². The molecule has 100 valence electrons. The normalized spacial score (nSPS) is 11.3. The Morgan fingerprint density at radius 2 is 2.05 bits per heavy atom. The van der Waals surface area contributed by atoms with Crippen LogP contribution >= 0.6 is 12.2 Å². The Morgan fingerprint density at radius 3 is 2.68 bits per heavy atom. The predicted molar refractivity (Wildman–Crippen MR) is 84.4 cm³/mol. The lowest BCUT2D eigenvalue weighted by molar-refractivity contribution is 0.801. The van der Waals surface area contributed by atoms with Crippen molar-refractivity contribution in [1.29, 1.82) is 0 Å². The van der Waals surface area contributed by atoms with Gasteiger partial charge in [0.05, 0.1) is 26.2 Å². The fourth-order valence-corrected chi connectivity index (χ4v) is 2.72. The maximum absolute atomic E-state index is 5.50. The second-order valence-corrected chi connectivity index (χ2v) is 11.5. The van der Waals surface area contributed by atoms with Gasteiger partial charge in [-0.05, 0) is 12.1 Å². The van der Waals surface area contributed by atoms with Crippen molar-refractivity contribution in [1.82, 2.24) is 20.3 Å². The second-order valence-electron chi connectivity index (χ2n) is 5.61. The van der Waals surface area contributed by atoms with E-state index >= 15 is 0 Å². The molecule has 0 saturated heterocycles. The third-order valence-electron chi connectivity index (χ3n) is 2.60. The smallest absolute Gasteiger partial charge is 0.108 e. The van der Waals surface area contributed by atoms with Crippen molar-refractivity contribution in [3.8, 4) is 5.69 Å². The van der Waals surface area contributed by atoms with Crippen molar-refractivity contribution in [3.63, 3.8) is 0 Å². The largest absolute Gasteiger partial charge is 0.379 e. The summed E-state index contributed by atoms with van der Waals surface area (Å²) in [5.41, 5.74) is 1.94. The summed E-state index contributed by atoms with van der Waals surface area (Å²) in [6.07, 6.45) is 4.45. The van der Waals surface area contributed by atoms with E-state index in [2.05, 4.69) is 35.3 Å². The monoisotopic (exact) mass is 290 g/mol. The molecule has 6 heteroatoms. The average molecular weight is 290 g/mol. The van der Waals surface area contributed by atoms with Gasteiger partial charge < -0.3 is 5.32 Å². The van der Waals surface area contributed by atoms with Gasteiger partial charge in [0.1, 0.15) is 4.99 Å². The molecule has 0 unspecified atom stereocenters. The molecule has 0 atom stereocenters. The topological polar surface area (TPSA) is 42.7 Å². The van der Waals surface area contributed by atoms with Crippen LogP contribution in [-0.2, 0) is 0 Å². The highest BCUT2D eigenvalue weighted by Gasteiger charge is 2.15. The summed E-state index contributed by atoms with van der Waals surface area (Å²) in [5.74, 6) is 0. The number of nitrogens with one attached hydrogen (secondary N) is 1. The standard InChI is InChI=1S/C13H18N4SSi/c1-19(2,3)10-14-13(18)11-6-4-5-7-12(11)17-9-8-15-16-17/h4-9H,10H2,1-3H3,(H,14,18). The lowest BCUT2D eigenvalue weighted by Gasteiger charge is -2.19. The van der Waals surface area contributed by atoms with Crippen LogP contribution in [-0.4, -0.2) is 34.2 Å². The van der Waals surface area contributed by atoms with Gasteiger partial charge in [-0.2, -0.15) is 0 Å². The lowest BCUT2D eigenvalue weighted by Crippen LogP contribution is -2.39. The summed E-state index contributed by atoms with van der Waals surface area (Å²) in [4.78, 5) is 0.772. The Balaban J connectivity index is 2.23. The summed E-state index contributed by atoms with van der Waals surface area (Å²) < 4.78 is 1.73. The molecule has 1 aromatic carbocycles. The maximum atomic E-state index is 5.50. The van der Waals surface area contributed by atoms with Gasteiger partial charge in [-0.1, -0.05) is 49.2 Å². The van der Waals surface area contributed by atoms with E-state index in [1.165, 1.54) is 0 Å². The number of hydrogen-bond donors (Lipinski definition) is 1. The molecule has 2 aromatic rings. The molecule has 1 aromatic heterocycles. The molecule has 0 spiro atoms. The van der Waals surface area contributed by atoms with E-state index in [1.54, 1.807) is 10.9 Å². The first-order chi connectivity index (χ1) is 8.97. The van der Waals surface area contributed by atoms with Gasteiger partial charge in [0.15, 0.2) is 0 Å². The molecular weight excluding hydrogens is 272 g/mol. The Bertz CT molecular complexity index is 560. The number of thiocarbonyl (C=S) groups is 1. The quantitative estimate of drug-likeness (QED) is 0.693. The van der Waals surface area contributed by atoms with E-state index in [4.69, 9.17) is 12.2 Å². The molecular formula is C13H18N4SSi. The van der Waals surface area contributed by atoms with Crippen LogP contribution in [0.15, 0.2) is 36.7 Å². The third kappa shape index (κ3) is 3.71. The zero-order valence-corrected chi connectivity index (χ0v) is 13.2. The van der Waals surface area contributed by atoms with E-state index in [0.29, 0.717) is 0 Å². The first kappa shape index (κ1) is 13.9. The van der Waals surface area contributed by atoms with E-state index < -0.39 is 8.07 Å². The third-order valence-corrected chi connectivity index (χ3v) is 4.20. The van der Waals surface area contributed by atoms with Crippen LogP contribution in [0.5, 0.6) is 0 Å². The van der Waals surface area contributed by atoms with Crippen LogP contribution in [0.2, 0.25) is 19.6 Å². The molecule has 0 amide bonds. The van der Waals surface area contributed by atoms with Crippen LogP contribution in [0.25, 0.3) is 5.69 Å². The molecule has 0 aliphatic carbocycles. The van der Waals surface area contributed by atoms with Crippen molar-refractivity contribution in [2.45, 2.75) is 19.6 Å². The van der Waals surface area contributed by atoms with Gasteiger partial charge in [0.25, 0.3) is 0 Å². The number of aromatic nitrogens is 3. The number of para-hydroxylation sites is 1. The van der Waals surface area contributed by atoms with Crippen molar-refractivity contribution in [2.75, 3.05) is 6.17 Å². The summed E-state index contributed by atoms with van der Waals surface area (Å²) in [6.45, 7) is 6.93. The maximum Gasteiger partial charge on any atom is 0.108 e. The fraction of sp³-hybridized carbons (Fsp3) is 0.308. The molecule has 1 heterocycles. The molecule has 2 rings (SSSR count). The molecule has 0 aliphatic rings. The first-order valence-corrected chi connectivity index (χ1v) is 10.3. The zero-order valence-electron chi connectivity index (χ0n) is 11.4. The summed E-state index contributed by atoms with van der Waals surface area (Å²) in [5, 5.41) is 11.2. The van der Waals surface area contributed by atoms with Gasteiger partial charge in [0, 0.05) is 11.7 Å². The summed E-state index contributed by atoms with van der Waals surface area (Å²) >= 11 is 5.50. The molecule has 1 N–H and O–H groups in total. The Morgan fingerprint density at radius 1 is 1.32 bits per heavy atom. The molecule has 0 radical (unpaired) electrons. The number of rotatable bonds is 4. The molecule has 0 bridgehead atoms. The molecule has 4 nitrogen and oxygen atoms in total. The molecule has 0 saturated carbocycles. The Kier molecular flexibility index (Phi) is 4.11. The van der Waals surface area contributed by atoms with Crippen LogP contribution in [0.3, 0.4) is 0 Å². The van der Waals surface area contributed by atoms with Gasteiger partial charge in [-0.15, -0.1) is 5.10 Å². The van der Waals surface area contributed by atoms with Crippen molar-refractivity contribution in [2.24, 2.45) is 0 Å². The van der Waals surface area contributed by atoms with E-state index in [-0.39, 0.29) is 0 Å². The van der Waals surface area contributed by atoms with Gasteiger partial charge >= 0.3 is 0 Å². The summed E-state index contributed by atoms with van der Waals surface area (Å²) in [6, 6.07) is 7.96. The summed E-state index contributed by atoms with van der Waals surface area (Å²) in [7, 11) is -1.17. The SMILES string of the molecule is C[Si](C)(C)CNC(=S)c1ccccc1-n1ccnn1. The van der Waals surface area contributed by atoms with Crippen LogP contribution in [0, 0.1) is 0 Å². The van der Waals surface area contributed by atoms with E-state index in [1.807, 2.05) is 30.5 Å². The van der Waals surface area contributed by atoms with Gasteiger partial charge in [-0.3, -0.25) is 0 Å². The minimum Gasteiger partial charge on any atom is -0.379 e. The number of hydrogen-bond acceptors (Lipinski definition) is 3. The molecule has 19 heavy (non-hydrogen) atoms. The molecule has 0 fully saturated rings. The second kappa shape index (κ2) is 5.62. The average Bonchev–Trinajstić information content (AvgIpc) is 2.89.